The van der Waals surface area contributed by atoms with E-state index < -0.39 is 0 Å². The maximum absolute atomic E-state index is 13.8. The number of hydrogen-bond acceptors (Lipinski definition) is 4. The molecule has 1 aromatic heterocycles. The van der Waals surface area contributed by atoms with Crippen molar-refractivity contribution in [2.75, 3.05) is 13.1 Å². The van der Waals surface area contributed by atoms with E-state index in [9.17, 15) is 9.18 Å². The van der Waals surface area contributed by atoms with E-state index in [0.29, 0.717) is 30.4 Å². The minimum atomic E-state index is -0.358. The largest absolute Gasteiger partial charge is 0.341 e. The van der Waals surface area contributed by atoms with E-state index in [2.05, 4.69) is 10.1 Å². The summed E-state index contributed by atoms with van der Waals surface area (Å²) < 4.78 is 18.8. The number of likely N-dealkylation sites (tertiary alicyclic amines) is 1. The van der Waals surface area contributed by atoms with Gasteiger partial charge in [0.05, 0.1) is 11.8 Å². The molecule has 1 saturated heterocycles. The van der Waals surface area contributed by atoms with Gasteiger partial charge in [-0.25, -0.2) is 4.39 Å². The Morgan fingerprint density at radius 1 is 0.939 bits per heavy atom. The predicted molar refractivity (Wildman–Crippen MR) is 123 cm³/mol. The third-order valence-corrected chi connectivity index (χ3v) is 6.14. The van der Waals surface area contributed by atoms with Crippen LogP contribution in [0.5, 0.6) is 0 Å². The molecule has 0 N–H and O–H groups in total. The summed E-state index contributed by atoms with van der Waals surface area (Å²) >= 11 is 0. The molecule has 0 bridgehead atoms. The maximum Gasteiger partial charge on any atom is 0.234 e. The van der Waals surface area contributed by atoms with Gasteiger partial charge in [-0.3, -0.25) is 4.79 Å². The number of piperidine rings is 1. The van der Waals surface area contributed by atoms with E-state index in [1.807, 2.05) is 65.6 Å². The SMILES string of the molecule is O=C(C(c1ccccc1)c1ccccc1)N1CCC[C@H](c2nc(-c3ccc(F)cc3)no2)C1. The quantitative estimate of drug-likeness (QED) is 0.415. The van der Waals surface area contributed by atoms with Gasteiger partial charge in [-0.05, 0) is 48.2 Å². The van der Waals surface area contributed by atoms with Crippen molar-refractivity contribution in [1.29, 1.82) is 0 Å². The zero-order valence-electron chi connectivity index (χ0n) is 18.1. The molecule has 1 aliphatic heterocycles. The Kier molecular flexibility index (Phi) is 5.98. The van der Waals surface area contributed by atoms with Crippen LogP contribution >= 0.6 is 0 Å². The number of aromatic nitrogens is 2. The molecule has 1 aliphatic rings. The summed E-state index contributed by atoms with van der Waals surface area (Å²) in [5.74, 6) is 0.327. The van der Waals surface area contributed by atoms with Crippen LogP contribution in [-0.4, -0.2) is 34.0 Å². The fourth-order valence-electron chi connectivity index (χ4n) is 4.45. The van der Waals surface area contributed by atoms with Crippen LogP contribution in [0.15, 0.2) is 89.5 Å². The van der Waals surface area contributed by atoms with Gasteiger partial charge in [-0.2, -0.15) is 4.98 Å². The Labute approximate surface area is 191 Å². The number of benzene rings is 3. The topological polar surface area (TPSA) is 59.2 Å². The van der Waals surface area contributed by atoms with E-state index in [1.54, 1.807) is 12.1 Å². The van der Waals surface area contributed by atoms with Crippen LogP contribution in [0.25, 0.3) is 11.4 Å². The zero-order valence-corrected chi connectivity index (χ0v) is 18.1. The molecule has 1 atom stereocenters. The van der Waals surface area contributed by atoms with Crippen molar-refractivity contribution in [3.63, 3.8) is 0 Å². The second-order valence-electron chi connectivity index (χ2n) is 8.34. The first kappa shape index (κ1) is 21.1. The van der Waals surface area contributed by atoms with Crippen molar-refractivity contribution < 1.29 is 13.7 Å². The summed E-state index contributed by atoms with van der Waals surface area (Å²) in [5.41, 5.74) is 2.66. The summed E-state index contributed by atoms with van der Waals surface area (Å²) in [7, 11) is 0. The highest BCUT2D eigenvalue weighted by molar-refractivity contribution is 5.87. The average Bonchev–Trinajstić information content (AvgIpc) is 3.36. The molecule has 0 radical (unpaired) electrons. The Balaban J connectivity index is 1.37. The van der Waals surface area contributed by atoms with Gasteiger partial charge >= 0.3 is 0 Å². The summed E-state index contributed by atoms with van der Waals surface area (Å²) in [4.78, 5) is 20.2. The van der Waals surface area contributed by atoms with Gasteiger partial charge in [0.25, 0.3) is 0 Å². The molecule has 3 aromatic carbocycles. The average molecular weight is 442 g/mol. The molecule has 1 amide bonds. The molecule has 4 aromatic rings. The van der Waals surface area contributed by atoms with Crippen LogP contribution in [0, 0.1) is 5.82 Å². The van der Waals surface area contributed by atoms with Gasteiger partial charge in [-0.1, -0.05) is 65.8 Å². The van der Waals surface area contributed by atoms with Gasteiger partial charge in [0.15, 0.2) is 0 Å². The van der Waals surface area contributed by atoms with Crippen LogP contribution in [0.2, 0.25) is 0 Å². The van der Waals surface area contributed by atoms with Crippen LogP contribution in [-0.2, 0) is 4.79 Å². The number of rotatable bonds is 5. The monoisotopic (exact) mass is 441 g/mol. The molecule has 2 heterocycles. The molecule has 0 unspecified atom stereocenters. The van der Waals surface area contributed by atoms with Crippen molar-refractivity contribution in [2.24, 2.45) is 0 Å². The summed E-state index contributed by atoms with van der Waals surface area (Å²) in [5, 5.41) is 4.08. The lowest BCUT2D eigenvalue weighted by atomic mass is 9.88. The van der Waals surface area contributed by atoms with Gasteiger partial charge in [0, 0.05) is 18.7 Å². The molecule has 0 aliphatic carbocycles. The van der Waals surface area contributed by atoms with Gasteiger partial charge < -0.3 is 9.42 Å². The van der Waals surface area contributed by atoms with E-state index in [-0.39, 0.29) is 23.6 Å². The molecular weight excluding hydrogens is 417 g/mol. The number of nitrogens with zero attached hydrogens (tertiary/aromatic N) is 3. The highest BCUT2D eigenvalue weighted by atomic mass is 19.1. The summed E-state index contributed by atoms with van der Waals surface area (Å²) in [6.45, 7) is 1.23. The van der Waals surface area contributed by atoms with E-state index in [1.165, 1.54) is 12.1 Å². The number of halogens is 1. The Bertz CT molecular complexity index is 1170. The zero-order chi connectivity index (χ0) is 22.6. The molecule has 6 heteroatoms. The van der Waals surface area contributed by atoms with Crippen molar-refractivity contribution in [3.8, 4) is 11.4 Å². The first-order chi connectivity index (χ1) is 16.2. The highest BCUT2D eigenvalue weighted by Gasteiger charge is 2.33. The lowest BCUT2D eigenvalue weighted by molar-refractivity contribution is -0.133. The minimum Gasteiger partial charge on any atom is -0.341 e. The second kappa shape index (κ2) is 9.36. The Morgan fingerprint density at radius 2 is 1.58 bits per heavy atom. The van der Waals surface area contributed by atoms with Gasteiger partial charge in [-0.15, -0.1) is 0 Å². The summed E-state index contributed by atoms with van der Waals surface area (Å²) in [6, 6.07) is 25.8. The molecule has 1 fully saturated rings. The molecule has 5 nitrogen and oxygen atoms in total. The molecular formula is C27H24FN3O2. The fourth-order valence-corrected chi connectivity index (χ4v) is 4.45. The van der Waals surface area contributed by atoms with Crippen LogP contribution < -0.4 is 0 Å². The maximum atomic E-state index is 13.8. The lowest BCUT2D eigenvalue weighted by Crippen LogP contribution is -2.42. The normalized spacial score (nSPS) is 16.2. The van der Waals surface area contributed by atoms with Crippen LogP contribution in [0.4, 0.5) is 4.39 Å². The van der Waals surface area contributed by atoms with E-state index in [4.69, 9.17) is 4.52 Å². The van der Waals surface area contributed by atoms with E-state index >= 15 is 0 Å². The molecule has 166 valence electrons. The van der Waals surface area contributed by atoms with E-state index in [0.717, 1.165) is 24.0 Å². The number of carbonyl (C=O) groups excluding carboxylic acids is 1. The summed E-state index contributed by atoms with van der Waals surface area (Å²) in [6.07, 6.45) is 1.73. The lowest BCUT2D eigenvalue weighted by Gasteiger charge is -2.34. The number of carbonyl (C=O) groups is 1. The molecule has 0 saturated carbocycles. The van der Waals surface area contributed by atoms with Crippen molar-refractivity contribution in [3.05, 3.63) is 108 Å². The molecule has 33 heavy (non-hydrogen) atoms. The number of amides is 1. The third-order valence-electron chi connectivity index (χ3n) is 6.14. The van der Waals surface area contributed by atoms with Crippen molar-refractivity contribution in [1.82, 2.24) is 15.0 Å². The predicted octanol–water partition coefficient (Wildman–Crippen LogP) is 5.41. The fraction of sp³-hybridized carbons (Fsp3) is 0.222. The minimum absolute atomic E-state index is 0.0309. The third kappa shape index (κ3) is 4.55. The van der Waals surface area contributed by atoms with Crippen LogP contribution in [0.1, 0.15) is 41.7 Å². The smallest absolute Gasteiger partial charge is 0.234 e. The van der Waals surface area contributed by atoms with Crippen molar-refractivity contribution in [2.45, 2.75) is 24.7 Å². The second-order valence-corrected chi connectivity index (χ2v) is 8.34. The standard InChI is InChI=1S/C27H24FN3O2/c28-23-15-13-21(14-16-23)25-29-26(33-30-25)22-12-7-17-31(18-22)27(32)24(19-8-3-1-4-9-19)20-10-5-2-6-11-20/h1-6,8-11,13-16,22,24H,7,12,17-18H2/t22-/m0/s1. The Morgan fingerprint density at radius 3 is 2.21 bits per heavy atom. The molecule has 5 rings (SSSR count). The van der Waals surface area contributed by atoms with Gasteiger partial charge in [0.1, 0.15) is 5.82 Å². The number of hydrogen-bond donors (Lipinski definition) is 0. The first-order valence-electron chi connectivity index (χ1n) is 11.2. The van der Waals surface area contributed by atoms with Crippen LogP contribution in [0.3, 0.4) is 0 Å². The highest BCUT2D eigenvalue weighted by Crippen LogP contribution is 2.32. The first-order valence-corrected chi connectivity index (χ1v) is 11.2. The molecule has 0 spiro atoms. The van der Waals surface area contributed by atoms with Gasteiger partial charge in [0.2, 0.25) is 17.6 Å². The Hall–Kier alpha value is -3.80. The van der Waals surface area contributed by atoms with Crippen molar-refractivity contribution >= 4 is 5.91 Å².